The molecule has 0 aliphatic carbocycles. The van der Waals surface area contributed by atoms with Crippen LogP contribution in [0.15, 0.2) is 18.2 Å². The number of benzene rings is 1. The summed E-state index contributed by atoms with van der Waals surface area (Å²) in [6, 6.07) is 3.18. The molecule has 102 valence electrons. The monoisotopic (exact) mass is 279 g/mol. The predicted octanol–water partition coefficient (Wildman–Crippen LogP) is 1.16. The van der Waals surface area contributed by atoms with E-state index in [-0.39, 0.29) is 13.0 Å². The largest absolute Gasteiger partial charge is 0.393 e. The van der Waals surface area contributed by atoms with E-state index in [2.05, 4.69) is 4.72 Å². The van der Waals surface area contributed by atoms with Crippen molar-refractivity contribution in [3.63, 3.8) is 0 Å². The second-order valence-corrected chi connectivity index (χ2v) is 5.80. The van der Waals surface area contributed by atoms with E-state index in [1.165, 1.54) is 13.0 Å². The van der Waals surface area contributed by atoms with E-state index < -0.39 is 39.1 Å². The number of aliphatic hydroxyl groups is 1. The third kappa shape index (κ3) is 4.67. The van der Waals surface area contributed by atoms with Gasteiger partial charge >= 0.3 is 0 Å². The maximum absolute atomic E-state index is 13.3. The molecule has 0 bridgehead atoms. The number of halogens is 2. The van der Waals surface area contributed by atoms with Crippen LogP contribution in [-0.4, -0.2) is 26.2 Å². The summed E-state index contributed by atoms with van der Waals surface area (Å²) < 4.78 is 51.8. The highest BCUT2D eigenvalue weighted by molar-refractivity contribution is 7.88. The fraction of sp³-hybridized carbons (Fsp3) is 0.455. The topological polar surface area (TPSA) is 66.4 Å². The molecule has 7 heteroatoms. The molecule has 0 spiro atoms. The van der Waals surface area contributed by atoms with Gasteiger partial charge in [-0.2, -0.15) is 0 Å². The van der Waals surface area contributed by atoms with Crippen LogP contribution in [-0.2, 0) is 15.8 Å². The molecule has 0 radical (unpaired) electrons. The van der Waals surface area contributed by atoms with Crippen molar-refractivity contribution in [2.24, 2.45) is 0 Å². The van der Waals surface area contributed by atoms with Crippen molar-refractivity contribution in [1.82, 2.24) is 4.72 Å². The van der Waals surface area contributed by atoms with Crippen molar-refractivity contribution in [2.75, 3.05) is 6.54 Å². The van der Waals surface area contributed by atoms with Gasteiger partial charge in [-0.15, -0.1) is 0 Å². The van der Waals surface area contributed by atoms with E-state index in [0.29, 0.717) is 0 Å². The third-order valence-electron chi connectivity index (χ3n) is 2.28. The highest BCUT2D eigenvalue weighted by Crippen LogP contribution is 2.14. The molecule has 0 saturated carbocycles. The van der Waals surface area contributed by atoms with E-state index in [1.54, 1.807) is 0 Å². The van der Waals surface area contributed by atoms with Crippen molar-refractivity contribution < 1.29 is 22.3 Å². The summed E-state index contributed by atoms with van der Waals surface area (Å²) in [5.41, 5.74) is -0.484. The molecule has 2 N–H and O–H groups in total. The highest BCUT2D eigenvalue weighted by Gasteiger charge is 2.17. The lowest BCUT2D eigenvalue weighted by molar-refractivity contribution is 0.186. The molecule has 1 atom stereocenters. The van der Waals surface area contributed by atoms with Crippen LogP contribution in [0.4, 0.5) is 8.78 Å². The molecule has 0 fully saturated rings. The van der Waals surface area contributed by atoms with Crippen LogP contribution in [0.1, 0.15) is 18.9 Å². The fourth-order valence-electron chi connectivity index (χ4n) is 1.33. The van der Waals surface area contributed by atoms with Gasteiger partial charge in [-0.3, -0.25) is 0 Å². The maximum Gasteiger partial charge on any atom is 0.215 e. The molecule has 0 saturated heterocycles. The summed E-state index contributed by atoms with van der Waals surface area (Å²) in [5.74, 6) is -2.54. The molecule has 0 heterocycles. The van der Waals surface area contributed by atoms with Crippen LogP contribution in [0.5, 0.6) is 0 Å². The molecular weight excluding hydrogens is 264 g/mol. The van der Waals surface area contributed by atoms with Crippen molar-refractivity contribution >= 4 is 10.0 Å². The molecule has 0 aromatic heterocycles. The van der Waals surface area contributed by atoms with Crippen LogP contribution in [0.25, 0.3) is 0 Å². The second-order valence-electron chi connectivity index (χ2n) is 3.99. The quantitative estimate of drug-likeness (QED) is 0.821. The first-order chi connectivity index (χ1) is 8.32. The van der Waals surface area contributed by atoms with Gasteiger partial charge in [-0.05, 0) is 25.5 Å². The molecular formula is C11H15F2NO3S. The van der Waals surface area contributed by atoms with Crippen LogP contribution < -0.4 is 4.72 Å². The zero-order valence-electron chi connectivity index (χ0n) is 9.86. The Balaban J connectivity index is 2.71. The summed E-state index contributed by atoms with van der Waals surface area (Å²) in [4.78, 5) is 0. The molecule has 1 rings (SSSR count). The first-order valence-electron chi connectivity index (χ1n) is 5.40. The summed E-state index contributed by atoms with van der Waals surface area (Å²) in [6.07, 6.45) is -0.406. The van der Waals surface area contributed by atoms with Crippen molar-refractivity contribution in [3.05, 3.63) is 35.4 Å². The molecule has 0 aliphatic rings. The van der Waals surface area contributed by atoms with E-state index in [9.17, 15) is 17.2 Å². The lowest BCUT2D eigenvalue weighted by atomic mass is 10.2. The van der Waals surface area contributed by atoms with Crippen LogP contribution in [0.3, 0.4) is 0 Å². The number of hydrogen-bond acceptors (Lipinski definition) is 3. The van der Waals surface area contributed by atoms with E-state index in [1.807, 2.05) is 0 Å². The normalized spacial score (nSPS) is 13.6. The van der Waals surface area contributed by atoms with Crippen molar-refractivity contribution in [1.29, 1.82) is 0 Å². The average Bonchev–Trinajstić information content (AvgIpc) is 2.23. The van der Waals surface area contributed by atoms with Gasteiger partial charge in [0, 0.05) is 12.1 Å². The number of rotatable bonds is 6. The van der Waals surface area contributed by atoms with Crippen molar-refractivity contribution in [3.8, 4) is 0 Å². The van der Waals surface area contributed by atoms with Gasteiger partial charge in [0.25, 0.3) is 0 Å². The Morgan fingerprint density at radius 2 is 1.89 bits per heavy atom. The minimum atomic E-state index is -3.82. The summed E-state index contributed by atoms with van der Waals surface area (Å²) in [5, 5.41) is 8.97. The van der Waals surface area contributed by atoms with Gasteiger partial charge in [-0.25, -0.2) is 21.9 Å². The smallest absolute Gasteiger partial charge is 0.215 e. The number of sulfonamides is 1. The van der Waals surface area contributed by atoms with E-state index >= 15 is 0 Å². The zero-order valence-corrected chi connectivity index (χ0v) is 10.7. The molecule has 0 amide bonds. The number of hydrogen-bond donors (Lipinski definition) is 2. The Hall–Kier alpha value is -1.05. The first-order valence-corrected chi connectivity index (χ1v) is 7.05. The Kier molecular flexibility index (Phi) is 5.18. The lowest BCUT2D eigenvalue weighted by Crippen LogP contribution is -2.28. The fourth-order valence-corrected chi connectivity index (χ4v) is 2.52. The second kappa shape index (κ2) is 6.21. The number of nitrogens with one attached hydrogen (secondary N) is 1. The zero-order chi connectivity index (χ0) is 13.8. The molecule has 0 aliphatic heterocycles. The number of aliphatic hydroxyl groups excluding tert-OH is 1. The van der Waals surface area contributed by atoms with Gasteiger partial charge in [0.2, 0.25) is 10.0 Å². The Bertz CT molecular complexity index is 483. The molecule has 1 aromatic rings. The standard InChI is InChI=1S/C11H15F2NO3S/c1-8(15)5-6-14-18(16,17)7-9-10(12)3-2-4-11(9)13/h2-4,8,14-15H,5-7H2,1H3. The molecule has 1 aromatic carbocycles. The predicted molar refractivity (Wildman–Crippen MR) is 63.3 cm³/mol. The average molecular weight is 279 g/mol. The Labute approximate surface area is 105 Å². The summed E-state index contributed by atoms with van der Waals surface area (Å²) in [6.45, 7) is 1.54. The minimum absolute atomic E-state index is 0.0239. The Morgan fingerprint density at radius 3 is 2.39 bits per heavy atom. The van der Waals surface area contributed by atoms with E-state index in [4.69, 9.17) is 5.11 Å². The summed E-state index contributed by atoms with van der Waals surface area (Å²) in [7, 11) is -3.82. The molecule has 1 unspecified atom stereocenters. The molecule has 18 heavy (non-hydrogen) atoms. The lowest BCUT2D eigenvalue weighted by Gasteiger charge is -2.09. The van der Waals surface area contributed by atoms with E-state index in [0.717, 1.165) is 12.1 Å². The van der Waals surface area contributed by atoms with Gasteiger partial charge in [-0.1, -0.05) is 6.07 Å². The highest BCUT2D eigenvalue weighted by atomic mass is 32.2. The summed E-state index contributed by atoms with van der Waals surface area (Å²) >= 11 is 0. The van der Waals surface area contributed by atoms with Gasteiger partial charge in [0.15, 0.2) is 0 Å². The minimum Gasteiger partial charge on any atom is -0.393 e. The van der Waals surface area contributed by atoms with Crippen LogP contribution >= 0.6 is 0 Å². The van der Waals surface area contributed by atoms with Crippen molar-refractivity contribution in [2.45, 2.75) is 25.2 Å². The molecule has 4 nitrogen and oxygen atoms in total. The van der Waals surface area contributed by atoms with Gasteiger partial charge in [0.1, 0.15) is 11.6 Å². The van der Waals surface area contributed by atoms with Gasteiger partial charge < -0.3 is 5.11 Å². The Morgan fingerprint density at radius 1 is 1.33 bits per heavy atom. The van der Waals surface area contributed by atoms with Gasteiger partial charge in [0.05, 0.1) is 11.9 Å². The SMILES string of the molecule is CC(O)CCNS(=O)(=O)Cc1c(F)cccc1F. The van der Waals surface area contributed by atoms with Crippen LogP contribution in [0, 0.1) is 11.6 Å². The maximum atomic E-state index is 13.3. The van der Waals surface area contributed by atoms with Crippen LogP contribution in [0.2, 0.25) is 0 Å². The first kappa shape index (κ1) is 15.0. The third-order valence-corrected chi connectivity index (χ3v) is 3.59.